The maximum atomic E-state index is 6.40. The van der Waals surface area contributed by atoms with Gasteiger partial charge in [-0.2, -0.15) is 0 Å². The molecule has 0 spiro atoms. The van der Waals surface area contributed by atoms with Crippen LogP contribution in [0.2, 0.25) is 0 Å². The zero-order valence-electron chi connectivity index (χ0n) is 11.5. The number of ether oxygens (including phenoxy) is 1. The molecule has 2 saturated carbocycles. The third-order valence-electron chi connectivity index (χ3n) is 4.34. The Hall–Kier alpha value is 0.440. The van der Waals surface area contributed by atoms with Crippen molar-refractivity contribution in [3.05, 3.63) is 0 Å². The summed E-state index contributed by atoms with van der Waals surface area (Å²) in [5, 5.41) is 0. The van der Waals surface area contributed by atoms with Gasteiger partial charge in [0.15, 0.2) is 0 Å². The molecule has 0 bridgehead atoms. The van der Waals surface area contributed by atoms with Crippen molar-refractivity contribution in [2.24, 2.45) is 11.3 Å². The highest BCUT2D eigenvalue weighted by molar-refractivity contribution is 9.09. The Labute approximate surface area is 115 Å². The van der Waals surface area contributed by atoms with Crippen LogP contribution in [0.1, 0.15) is 65.7 Å². The van der Waals surface area contributed by atoms with E-state index in [-0.39, 0.29) is 0 Å². The van der Waals surface area contributed by atoms with Crippen molar-refractivity contribution in [1.82, 2.24) is 0 Å². The molecule has 2 fully saturated rings. The van der Waals surface area contributed by atoms with Crippen molar-refractivity contribution in [2.75, 3.05) is 0 Å². The standard InChI is InChI=1S/C15H27BrO/c1-11-8-12(10-15(2,3)9-11)17-14-7-5-4-6-13(14)16/h11-14H,4-10H2,1-3H3. The molecule has 2 rings (SSSR count). The molecule has 0 amide bonds. The third-order valence-corrected chi connectivity index (χ3v) is 5.38. The highest BCUT2D eigenvalue weighted by Gasteiger charge is 2.35. The number of alkyl halides is 1. The van der Waals surface area contributed by atoms with E-state index in [1.165, 1.54) is 44.9 Å². The molecule has 0 radical (unpaired) electrons. The third kappa shape index (κ3) is 3.96. The fraction of sp³-hybridized carbons (Fsp3) is 1.00. The van der Waals surface area contributed by atoms with Gasteiger partial charge in [0.2, 0.25) is 0 Å². The molecule has 2 aliphatic carbocycles. The Morgan fingerprint density at radius 2 is 1.82 bits per heavy atom. The van der Waals surface area contributed by atoms with Crippen molar-refractivity contribution < 1.29 is 4.74 Å². The van der Waals surface area contributed by atoms with Crippen LogP contribution in [0.4, 0.5) is 0 Å². The van der Waals surface area contributed by atoms with E-state index in [2.05, 4.69) is 36.7 Å². The molecule has 0 N–H and O–H groups in total. The summed E-state index contributed by atoms with van der Waals surface area (Å²) in [4.78, 5) is 0.594. The molecule has 0 saturated heterocycles. The molecule has 0 aromatic heterocycles. The lowest BCUT2D eigenvalue weighted by Gasteiger charge is -2.41. The zero-order valence-corrected chi connectivity index (χ0v) is 13.1. The minimum absolute atomic E-state index is 0.467. The van der Waals surface area contributed by atoms with Crippen LogP contribution >= 0.6 is 15.9 Å². The lowest BCUT2D eigenvalue weighted by atomic mass is 9.71. The average Bonchev–Trinajstić information content (AvgIpc) is 2.18. The van der Waals surface area contributed by atoms with Gasteiger partial charge >= 0.3 is 0 Å². The van der Waals surface area contributed by atoms with Gasteiger partial charge in [-0.3, -0.25) is 0 Å². The molecule has 0 aromatic rings. The van der Waals surface area contributed by atoms with Crippen LogP contribution < -0.4 is 0 Å². The number of hydrogen-bond donors (Lipinski definition) is 0. The molecule has 100 valence electrons. The van der Waals surface area contributed by atoms with Crippen LogP contribution in [0, 0.1) is 11.3 Å². The van der Waals surface area contributed by atoms with Gasteiger partial charge in [-0.25, -0.2) is 0 Å². The summed E-state index contributed by atoms with van der Waals surface area (Å²) >= 11 is 3.80. The Bertz CT molecular complexity index is 251. The summed E-state index contributed by atoms with van der Waals surface area (Å²) in [5.41, 5.74) is 0.471. The van der Waals surface area contributed by atoms with Crippen LogP contribution in [0.25, 0.3) is 0 Å². The zero-order chi connectivity index (χ0) is 12.5. The normalized spacial score (nSPS) is 42.4. The van der Waals surface area contributed by atoms with Gasteiger partial charge < -0.3 is 4.74 Å². The van der Waals surface area contributed by atoms with E-state index in [1.54, 1.807) is 0 Å². The highest BCUT2D eigenvalue weighted by Crippen LogP contribution is 2.41. The largest absolute Gasteiger partial charge is 0.374 e. The Morgan fingerprint density at radius 3 is 2.47 bits per heavy atom. The van der Waals surface area contributed by atoms with E-state index in [0.717, 1.165) is 5.92 Å². The molecule has 4 unspecified atom stereocenters. The van der Waals surface area contributed by atoms with E-state index < -0.39 is 0 Å². The van der Waals surface area contributed by atoms with Gasteiger partial charge in [-0.1, -0.05) is 49.5 Å². The van der Waals surface area contributed by atoms with Crippen LogP contribution in [0.3, 0.4) is 0 Å². The lowest BCUT2D eigenvalue weighted by molar-refractivity contribution is -0.0730. The summed E-state index contributed by atoms with van der Waals surface area (Å²) < 4.78 is 6.40. The van der Waals surface area contributed by atoms with E-state index >= 15 is 0 Å². The molecule has 0 aliphatic heterocycles. The van der Waals surface area contributed by atoms with Crippen LogP contribution in [-0.2, 0) is 4.74 Å². The summed E-state index contributed by atoms with van der Waals surface area (Å²) in [6.45, 7) is 7.17. The molecular weight excluding hydrogens is 276 g/mol. The number of rotatable bonds is 2. The summed E-state index contributed by atoms with van der Waals surface area (Å²) in [7, 11) is 0. The first-order valence-electron chi connectivity index (χ1n) is 7.26. The van der Waals surface area contributed by atoms with E-state index in [4.69, 9.17) is 4.74 Å². The number of hydrogen-bond acceptors (Lipinski definition) is 1. The monoisotopic (exact) mass is 302 g/mol. The van der Waals surface area contributed by atoms with Gasteiger partial charge in [-0.15, -0.1) is 0 Å². The van der Waals surface area contributed by atoms with Gasteiger partial charge in [0, 0.05) is 4.83 Å². The Morgan fingerprint density at radius 1 is 1.12 bits per heavy atom. The molecule has 1 nitrogen and oxygen atoms in total. The smallest absolute Gasteiger partial charge is 0.0703 e. The first-order chi connectivity index (χ1) is 7.96. The fourth-order valence-corrected chi connectivity index (χ4v) is 4.53. The molecule has 2 aliphatic rings. The van der Waals surface area contributed by atoms with Crippen LogP contribution in [-0.4, -0.2) is 17.0 Å². The van der Waals surface area contributed by atoms with Gasteiger partial charge in [0.25, 0.3) is 0 Å². The molecule has 4 atom stereocenters. The van der Waals surface area contributed by atoms with Gasteiger partial charge in [0.1, 0.15) is 0 Å². The van der Waals surface area contributed by atoms with Crippen LogP contribution in [0.15, 0.2) is 0 Å². The Kier molecular flexibility index (Phi) is 4.57. The summed E-state index contributed by atoms with van der Waals surface area (Å²) in [6, 6.07) is 0. The minimum atomic E-state index is 0.467. The molecule has 2 heteroatoms. The summed E-state index contributed by atoms with van der Waals surface area (Å²) in [6.07, 6.45) is 10.1. The first kappa shape index (κ1) is 13.9. The molecule has 17 heavy (non-hydrogen) atoms. The lowest BCUT2D eigenvalue weighted by Crippen LogP contribution is -2.38. The molecule has 0 aromatic carbocycles. The molecular formula is C15H27BrO. The molecule has 0 heterocycles. The van der Waals surface area contributed by atoms with Crippen LogP contribution in [0.5, 0.6) is 0 Å². The second-order valence-corrected chi connectivity index (χ2v) is 8.19. The quantitative estimate of drug-likeness (QED) is 0.658. The van der Waals surface area contributed by atoms with Crippen molar-refractivity contribution in [1.29, 1.82) is 0 Å². The SMILES string of the molecule is CC1CC(OC2CCCCC2Br)CC(C)(C)C1. The van der Waals surface area contributed by atoms with E-state index in [1.807, 2.05) is 0 Å². The maximum absolute atomic E-state index is 6.40. The average molecular weight is 303 g/mol. The highest BCUT2D eigenvalue weighted by atomic mass is 79.9. The Balaban J connectivity index is 1.89. The van der Waals surface area contributed by atoms with Crippen molar-refractivity contribution in [3.63, 3.8) is 0 Å². The fourth-order valence-electron chi connectivity index (χ4n) is 3.81. The number of halogens is 1. The van der Waals surface area contributed by atoms with Gasteiger partial charge in [-0.05, 0) is 43.4 Å². The van der Waals surface area contributed by atoms with Crippen molar-refractivity contribution in [2.45, 2.75) is 82.8 Å². The topological polar surface area (TPSA) is 9.23 Å². The van der Waals surface area contributed by atoms with Crippen molar-refractivity contribution in [3.8, 4) is 0 Å². The van der Waals surface area contributed by atoms with E-state index in [0.29, 0.717) is 22.5 Å². The van der Waals surface area contributed by atoms with Crippen molar-refractivity contribution >= 4 is 15.9 Å². The predicted molar refractivity (Wildman–Crippen MR) is 76.6 cm³/mol. The minimum Gasteiger partial charge on any atom is -0.374 e. The van der Waals surface area contributed by atoms with Gasteiger partial charge in [0.05, 0.1) is 12.2 Å². The van der Waals surface area contributed by atoms with E-state index in [9.17, 15) is 0 Å². The summed E-state index contributed by atoms with van der Waals surface area (Å²) in [5.74, 6) is 0.820. The maximum Gasteiger partial charge on any atom is 0.0703 e. The second-order valence-electron chi connectivity index (χ2n) is 7.01. The predicted octanol–water partition coefficient (Wildman–Crippen LogP) is 4.92. The first-order valence-corrected chi connectivity index (χ1v) is 8.17. The second kappa shape index (κ2) is 5.61.